The lowest BCUT2D eigenvalue weighted by Crippen LogP contribution is -2.39. The van der Waals surface area contributed by atoms with Crippen molar-refractivity contribution in [1.82, 2.24) is 4.90 Å². The minimum absolute atomic E-state index is 0.215. The van der Waals surface area contributed by atoms with E-state index in [9.17, 15) is 22.0 Å². The molecule has 5 nitrogen and oxygen atoms in total. The number of likely N-dealkylation sites (N-methyl/N-ethyl adjacent to an activating group) is 1. The van der Waals surface area contributed by atoms with E-state index in [1.807, 2.05) is 11.9 Å². The molecular formula is C16H22F2N2O3S. The number of nitrogens with zero attached hydrogens (tertiary/aromatic N) is 1. The zero-order chi connectivity index (χ0) is 17.7. The third kappa shape index (κ3) is 4.73. The van der Waals surface area contributed by atoms with E-state index >= 15 is 0 Å². The molecule has 0 heterocycles. The third-order valence-electron chi connectivity index (χ3n) is 4.29. The highest BCUT2D eigenvalue weighted by Crippen LogP contribution is 2.22. The van der Waals surface area contributed by atoms with Gasteiger partial charge in [-0.1, -0.05) is 19.3 Å². The summed E-state index contributed by atoms with van der Waals surface area (Å²) in [7, 11) is -2.70. The molecular weight excluding hydrogens is 338 g/mol. The number of carbonyl (C=O) groups excluding carboxylic acids is 1. The molecule has 8 heteroatoms. The Kier molecular flexibility index (Phi) is 6.28. The molecule has 1 saturated carbocycles. The molecule has 0 unspecified atom stereocenters. The Morgan fingerprint density at radius 3 is 2.33 bits per heavy atom. The molecule has 0 atom stereocenters. The van der Waals surface area contributed by atoms with Crippen molar-refractivity contribution < 1.29 is 22.0 Å². The van der Waals surface area contributed by atoms with Gasteiger partial charge in [0.15, 0.2) is 0 Å². The molecule has 0 aromatic heterocycles. The Bertz CT molecular complexity index is 656. The van der Waals surface area contributed by atoms with Gasteiger partial charge in [-0.05, 0) is 44.2 Å². The minimum Gasteiger partial charge on any atom is -0.325 e. The van der Waals surface area contributed by atoms with Crippen LogP contribution < -0.4 is 5.32 Å². The molecule has 1 aliphatic carbocycles. The highest BCUT2D eigenvalue weighted by atomic mass is 32.2. The first-order valence-corrected chi connectivity index (χ1v) is 9.47. The summed E-state index contributed by atoms with van der Waals surface area (Å²) in [6.45, 7) is 0.238. The Labute approximate surface area is 141 Å². The van der Waals surface area contributed by atoms with Crippen LogP contribution in [0.1, 0.15) is 32.1 Å². The maximum atomic E-state index is 12.5. The van der Waals surface area contributed by atoms with Gasteiger partial charge in [-0.25, -0.2) is 8.42 Å². The predicted octanol–water partition coefficient (Wildman–Crippen LogP) is 2.89. The number of sulfone groups is 1. The van der Waals surface area contributed by atoms with Gasteiger partial charge in [-0.15, -0.1) is 0 Å². The van der Waals surface area contributed by atoms with E-state index in [1.165, 1.54) is 31.4 Å². The van der Waals surface area contributed by atoms with Crippen molar-refractivity contribution in [1.29, 1.82) is 0 Å². The van der Waals surface area contributed by atoms with Crippen LogP contribution in [0.4, 0.5) is 14.5 Å². The molecule has 24 heavy (non-hydrogen) atoms. The molecule has 1 aromatic rings. The molecule has 0 saturated heterocycles. The first kappa shape index (κ1) is 18.8. The maximum absolute atomic E-state index is 12.5. The zero-order valence-electron chi connectivity index (χ0n) is 13.5. The fourth-order valence-corrected chi connectivity index (χ4v) is 3.63. The normalized spacial score (nSPS) is 16.5. The Hall–Kier alpha value is -1.54. The molecule has 1 aromatic carbocycles. The molecule has 2 rings (SSSR count). The number of nitrogens with one attached hydrogen (secondary N) is 1. The number of alkyl halides is 2. The van der Waals surface area contributed by atoms with Crippen LogP contribution in [0.5, 0.6) is 0 Å². The Balaban J connectivity index is 1.92. The van der Waals surface area contributed by atoms with Crippen LogP contribution in [0.2, 0.25) is 0 Å². The zero-order valence-corrected chi connectivity index (χ0v) is 14.4. The third-order valence-corrected chi connectivity index (χ3v) is 5.69. The van der Waals surface area contributed by atoms with Gasteiger partial charge in [-0.3, -0.25) is 9.69 Å². The summed E-state index contributed by atoms with van der Waals surface area (Å²) in [5, 5.41) is 2.66. The van der Waals surface area contributed by atoms with Crippen molar-refractivity contribution in [3.8, 4) is 0 Å². The highest BCUT2D eigenvalue weighted by Gasteiger charge is 2.26. The van der Waals surface area contributed by atoms with Crippen LogP contribution in [0.15, 0.2) is 29.2 Å². The van der Waals surface area contributed by atoms with E-state index in [-0.39, 0.29) is 12.5 Å². The predicted molar refractivity (Wildman–Crippen MR) is 87.8 cm³/mol. The first-order chi connectivity index (χ1) is 11.3. The lowest BCUT2D eigenvalue weighted by Gasteiger charge is -2.30. The quantitative estimate of drug-likeness (QED) is 0.847. The van der Waals surface area contributed by atoms with Gasteiger partial charge in [0.05, 0.1) is 11.4 Å². The molecule has 0 bridgehead atoms. The van der Waals surface area contributed by atoms with Crippen molar-refractivity contribution in [3.05, 3.63) is 24.3 Å². The lowest BCUT2D eigenvalue weighted by atomic mass is 9.94. The number of halogens is 2. The van der Waals surface area contributed by atoms with E-state index in [2.05, 4.69) is 5.32 Å². The van der Waals surface area contributed by atoms with Gasteiger partial charge in [0.25, 0.3) is 0 Å². The van der Waals surface area contributed by atoms with Crippen molar-refractivity contribution in [2.75, 3.05) is 18.9 Å². The fraction of sp³-hybridized carbons (Fsp3) is 0.562. The summed E-state index contributed by atoms with van der Waals surface area (Å²) in [5.74, 6) is -3.67. The van der Waals surface area contributed by atoms with E-state index in [0.717, 1.165) is 25.0 Å². The van der Waals surface area contributed by atoms with Gasteiger partial charge < -0.3 is 5.32 Å². The summed E-state index contributed by atoms with van der Waals surface area (Å²) < 4.78 is 47.6. The van der Waals surface area contributed by atoms with Crippen LogP contribution in [0, 0.1) is 0 Å². The number of hydrogen-bond donors (Lipinski definition) is 1. The molecule has 1 N–H and O–H groups in total. The fourth-order valence-electron chi connectivity index (χ4n) is 2.91. The highest BCUT2D eigenvalue weighted by molar-refractivity contribution is 7.91. The second-order valence-electron chi connectivity index (χ2n) is 6.09. The standard InChI is InChI=1S/C16H22F2N2O3S/c1-20(13-5-3-2-4-6-13)11-15(21)19-12-7-9-14(10-8-12)24(22,23)16(17)18/h7-10,13,16H,2-6,11H2,1H3,(H,19,21). The molecule has 134 valence electrons. The summed E-state index contributed by atoms with van der Waals surface area (Å²) in [6, 6.07) is 5.17. The number of rotatable bonds is 6. The van der Waals surface area contributed by atoms with Gasteiger partial charge in [0.2, 0.25) is 15.7 Å². The number of amides is 1. The number of benzene rings is 1. The summed E-state index contributed by atoms with van der Waals surface area (Å²) in [6.07, 6.45) is 5.77. The molecule has 1 aliphatic rings. The van der Waals surface area contributed by atoms with Crippen LogP contribution >= 0.6 is 0 Å². The summed E-state index contributed by atoms with van der Waals surface area (Å²) >= 11 is 0. The second-order valence-corrected chi connectivity index (χ2v) is 8.00. The lowest BCUT2D eigenvalue weighted by molar-refractivity contribution is -0.117. The number of hydrogen-bond acceptors (Lipinski definition) is 4. The summed E-state index contributed by atoms with van der Waals surface area (Å²) in [5.41, 5.74) is 0.380. The first-order valence-electron chi connectivity index (χ1n) is 7.93. The number of anilines is 1. The van der Waals surface area contributed by atoms with Crippen molar-refractivity contribution in [2.45, 2.75) is 48.8 Å². The Morgan fingerprint density at radius 2 is 1.79 bits per heavy atom. The average Bonchev–Trinajstić information content (AvgIpc) is 2.56. The van der Waals surface area contributed by atoms with E-state index in [1.54, 1.807) is 0 Å². The molecule has 0 radical (unpaired) electrons. The molecule has 0 spiro atoms. The van der Waals surface area contributed by atoms with Gasteiger partial charge >= 0.3 is 5.76 Å². The monoisotopic (exact) mass is 360 g/mol. The Morgan fingerprint density at radius 1 is 1.21 bits per heavy atom. The largest absolute Gasteiger partial charge is 0.341 e. The van der Waals surface area contributed by atoms with Crippen LogP contribution in [-0.4, -0.2) is 44.6 Å². The van der Waals surface area contributed by atoms with Gasteiger partial charge in [-0.2, -0.15) is 8.78 Å². The average molecular weight is 360 g/mol. The van der Waals surface area contributed by atoms with Crippen LogP contribution in [0.25, 0.3) is 0 Å². The van der Waals surface area contributed by atoms with Crippen LogP contribution in [0.3, 0.4) is 0 Å². The molecule has 0 aliphatic heterocycles. The SMILES string of the molecule is CN(CC(=O)Nc1ccc(S(=O)(=O)C(F)F)cc1)C1CCCCC1. The van der Waals surface area contributed by atoms with Gasteiger partial charge in [0.1, 0.15) is 0 Å². The second kappa shape index (κ2) is 8.02. The van der Waals surface area contributed by atoms with Crippen molar-refractivity contribution >= 4 is 21.4 Å². The smallest absolute Gasteiger partial charge is 0.325 e. The minimum atomic E-state index is -4.61. The molecule has 1 fully saturated rings. The van der Waals surface area contributed by atoms with Crippen molar-refractivity contribution in [2.24, 2.45) is 0 Å². The summed E-state index contributed by atoms with van der Waals surface area (Å²) in [4.78, 5) is 13.6. The number of carbonyl (C=O) groups is 1. The van der Waals surface area contributed by atoms with Crippen LogP contribution in [-0.2, 0) is 14.6 Å². The molecule has 1 amide bonds. The van der Waals surface area contributed by atoms with E-state index < -0.39 is 20.5 Å². The van der Waals surface area contributed by atoms with Crippen molar-refractivity contribution in [3.63, 3.8) is 0 Å². The van der Waals surface area contributed by atoms with E-state index in [4.69, 9.17) is 0 Å². The topological polar surface area (TPSA) is 66.5 Å². The van der Waals surface area contributed by atoms with E-state index in [0.29, 0.717) is 11.7 Å². The maximum Gasteiger partial charge on any atom is 0.341 e. The van der Waals surface area contributed by atoms with Gasteiger partial charge in [0, 0.05) is 11.7 Å².